The van der Waals surface area contributed by atoms with Gasteiger partial charge in [0.05, 0.1) is 11.2 Å². The Kier molecular flexibility index (Phi) is 4.86. The Hall–Kier alpha value is -2.73. The van der Waals surface area contributed by atoms with Crippen LogP contribution in [0.25, 0.3) is 0 Å². The van der Waals surface area contributed by atoms with Crippen LogP contribution in [0.5, 0.6) is 0 Å². The molecule has 3 rings (SSSR count). The van der Waals surface area contributed by atoms with E-state index in [-0.39, 0.29) is 5.02 Å². The number of hydrogen-bond acceptors (Lipinski definition) is 5. The van der Waals surface area contributed by atoms with E-state index >= 15 is 0 Å². The van der Waals surface area contributed by atoms with Crippen molar-refractivity contribution in [3.63, 3.8) is 0 Å². The van der Waals surface area contributed by atoms with Gasteiger partial charge in [0.1, 0.15) is 5.82 Å². The molecule has 24 heavy (non-hydrogen) atoms. The maximum Gasteiger partial charge on any atom is 0.244 e. The second-order valence-corrected chi connectivity index (χ2v) is 5.61. The van der Waals surface area contributed by atoms with E-state index in [0.717, 1.165) is 5.56 Å². The Morgan fingerprint density at radius 3 is 2.79 bits per heavy atom. The molecule has 2 N–H and O–H groups in total. The number of benzene rings is 2. The molecule has 0 atom stereocenters. The number of hydrogen-bond donors (Lipinski definition) is 2. The molecule has 0 saturated carbocycles. The van der Waals surface area contributed by atoms with Crippen molar-refractivity contribution in [2.75, 3.05) is 10.6 Å². The minimum Gasteiger partial charge on any atom is -0.349 e. The van der Waals surface area contributed by atoms with E-state index in [0.29, 0.717) is 24.0 Å². The summed E-state index contributed by atoms with van der Waals surface area (Å²) >= 11 is 5.77. The second kappa shape index (κ2) is 7.23. The van der Waals surface area contributed by atoms with Crippen molar-refractivity contribution in [3.05, 3.63) is 70.6 Å². The Morgan fingerprint density at radius 1 is 1.17 bits per heavy atom. The summed E-state index contributed by atoms with van der Waals surface area (Å²) in [5.41, 5.74) is 2.96. The normalized spacial score (nSPS) is 10.5. The summed E-state index contributed by atoms with van der Waals surface area (Å²) in [5, 5.41) is 14.1. The molecule has 3 aromatic rings. The zero-order valence-corrected chi connectivity index (χ0v) is 13.7. The molecule has 122 valence electrons. The monoisotopic (exact) mass is 343 g/mol. The summed E-state index contributed by atoms with van der Waals surface area (Å²) in [4.78, 5) is 4.33. The third kappa shape index (κ3) is 3.97. The fourth-order valence-electron chi connectivity index (χ4n) is 2.14. The van der Waals surface area contributed by atoms with E-state index in [1.54, 1.807) is 6.07 Å². The lowest BCUT2D eigenvalue weighted by atomic mass is 10.1. The van der Waals surface area contributed by atoms with Crippen LogP contribution in [0.1, 0.15) is 11.1 Å². The van der Waals surface area contributed by atoms with Crippen molar-refractivity contribution in [3.8, 4) is 0 Å². The SMILES string of the molecule is Cc1ccccc1CNc1nncc(Nc2ccc(F)c(Cl)c2)n1. The van der Waals surface area contributed by atoms with E-state index < -0.39 is 5.82 Å². The number of aromatic nitrogens is 3. The maximum atomic E-state index is 13.2. The van der Waals surface area contributed by atoms with Crippen LogP contribution >= 0.6 is 11.6 Å². The van der Waals surface area contributed by atoms with Crippen molar-refractivity contribution in [1.29, 1.82) is 0 Å². The minimum absolute atomic E-state index is 0.0416. The lowest BCUT2D eigenvalue weighted by molar-refractivity contribution is 0.628. The molecule has 0 aliphatic carbocycles. The smallest absolute Gasteiger partial charge is 0.244 e. The van der Waals surface area contributed by atoms with Crippen LogP contribution in [-0.2, 0) is 6.54 Å². The molecule has 0 bridgehead atoms. The summed E-state index contributed by atoms with van der Waals surface area (Å²) in [7, 11) is 0. The molecule has 7 heteroatoms. The van der Waals surface area contributed by atoms with Gasteiger partial charge in [-0.15, -0.1) is 5.10 Å². The molecule has 0 unspecified atom stereocenters. The van der Waals surface area contributed by atoms with Crippen LogP contribution in [0.15, 0.2) is 48.7 Å². The number of halogens is 2. The molecule has 0 saturated heterocycles. The zero-order chi connectivity index (χ0) is 16.9. The number of nitrogens with zero attached hydrogens (tertiary/aromatic N) is 3. The van der Waals surface area contributed by atoms with Crippen molar-refractivity contribution in [2.24, 2.45) is 0 Å². The van der Waals surface area contributed by atoms with E-state index in [9.17, 15) is 4.39 Å². The first-order valence-electron chi connectivity index (χ1n) is 7.32. The number of nitrogens with one attached hydrogen (secondary N) is 2. The first-order valence-corrected chi connectivity index (χ1v) is 7.70. The van der Waals surface area contributed by atoms with Gasteiger partial charge >= 0.3 is 0 Å². The van der Waals surface area contributed by atoms with Gasteiger partial charge < -0.3 is 10.6 Å². The van der Waals surface area contributed by atoms with E-state index in [1.807, 2.05) is 31.2 Å². The molecule has 0 fully saturated rings. The van der Waals surface area contributed by atoms with Gasteiger partial charge in [0.2, 0.25) is 5.95 Å². The molecular weight excluding hydrogens is 329 g/mol. The van der Waals surface area contributed by atoms with Gasteiger partial charge in [0.15, 0.2) is 5.82 Å². The van der Waals surface area contributed by atoms with Crippen LogP contribution in [0.4, 0.5) is 21.8 Å². The maximum absolute atomic E-state index is 13.2. The molecule has 0 spiro atoms. The zero-order valence-electron chi connectivity index (χ0n) is 12.9. The van der Waals surface area contributed by atoms with Gasteiger partial charge in [-0.1, -0.05) is 35.9 Å². The van der Waals surface area contributed by atoms with Crippen molar-refractivity contribution < 1.29 is 4.39 Å². The summed E-state index contributed by atoms with van der Waals surface area (Å²) in [5.74, 6) is 0.417. The Morgan fingerprint density at radius 2 is 2.00 bits per heavy atom. The molecule has 0 aliphatic rings. The molecule has 0 aliphatic heterocycles. The Balaban J connectivity index is 1.69. The average Bonchev–Trinajstić information content (AvgIpc) is 2.58. The van der Waals surface area contributed by atoms with Gasteiger partial charge in [-0.2, -0.15) is 10.1 Å². The van der Waals surface area contributed by atoms with Crippen LogP contribution in [0.2, 0.25) is 5.02 Å². The lowest BCUT2D eigenvalue weighted by Crippen LogP contribution is -2.07. The third-order valence-electron chi connectivity index (χ3n) is 3.45. The van der Waals surface area contributed by atoms with Crippen LogP contribution in [-0.4, -0.2) is 15.2 Å². The Labute approximate surface area is 143 Å². The highest BCUT2D eigenvalue weighted by molar-refractivity contribution is 6.31. The summed E-state index contributed by atoms with van der Waals surface area (Å²) in [6.07, 6.45) is 1.48. The van der Waals surface area contributed by atoms with Gasteiger partial charge in [-0.3, -0.25) is 0 Å². The molecule has 1 heterocycles. The fourth-order valence-corrected chi connectivity index (χ4v) is 2.32. The highest BCUT2D eigenvalue weighted by Gasteiger charge is 2.05. The standard InChI is InChI=1S/C17H15ClFN5/c1-11-4-2-3-5-12(11)9-20-17-23-16(10-21-24-17)22-13-6-7-15(19)14(18)8-13/h2-8,10H,9H2,1H3,(H2,20,22,23,24). The van der Waals surface area contributed by atoms with E-state index in [4.69, 9.17) is 11.6 Å². The number of aryl methyl sites for hydroxylation is 1. The predicted octanol–water partition coefficient (Wildman–Crippen LogP) is 4.33. The first kappa shape index (κ1) is 16.1. The van der Waals surface area contributed by atoms with Crippen molar-refractivity contribution in [1.82, 2.24) is 15.2 Å². The summed E-state index contributed by atoms with van der Waals surface area (Å²) < 4.78 is 13.2. The second-order valence-electron chi connectivity index (χ2n) is 5.20. The van der Waals surface area contributed by atoms with Gasteiger partial charge in [-0.05, 0) is 36.2 Å². The topological polar surface area (TPSA) is 62.7 Å². The van der Waals surface area contributed by atoms with Crippen LogP contribution in [0.3, 0.4) is 0 Å². The lowest BCUT2D eigenvalue weighted by Gasteiger charge is -2.09. The molecular formula is C17H15ClFN5. The Bertz CT molecular complexity index is 856. The molecule has 0 radical (unpaired) electrons. The first-order chi connectivity index (χ1) is 11.6. The summed E-state index contributed by atoms with van der Waals surface area (Å²) in [6.45, 7) is 2.65. The van der Waals surface area contributed by atoms with Crippen molar-refractivity contribution >= 4 is 29.1 Å². The van der Waals surface area contributed by atoms with Crippen molar-refractivity contribution in [2.45, 2.75) is 13.5 Å². The number of rotatable bonds is 5. The molecule has 0 amide bonds. The highest BCUT2D eigenvalue weighted by Crippen LogP contribution is 2.22. The summed E-state index contributed by atoms with van der Waals surface area (Å²) in [6, 6.07) is 12.4. The molecule has 5 nitrogen and oxygen atoms in total. The average molecular weight is 344 g/mol. The number of anilines is 3. The van der Waals surface area contributed by atoms with E-state index in [1.165, 1.54) is 23.9 Å². The van der Waals surface area contributed by atoms with E-state index in [2.05, 4.69) is 25.8 Å². The van der Waals surface area contributed by atoms with Crippen LogP contribution < -0.4 is 10.6 Å². The van der Waals surface area contributed by atoms with Gasteiger partial charge in [-0.25, -0.2) is 4.39 Å². The highest BCUT2D eigenvalue weighted by atomic mass is 35.5. The minimum atomic E-state index is -0.469. The molecule has 2 aromatic carbocycles. The quantitative estimate of drug-likeness (QED) is 0.722. The fraction of sp³-hybridized carbons (Fsp3) is 0.118. The largest absolute Gasteiger partial charge is 0.349 e. The van der Waals surface area contributed by atoms with Gasteiger partial charge in [0, 0.05) is 12.2 Å². The predicted molar refractivity (Wildman–Crippen MR) is 93.0 cm³/mol. The van der Waals surface area contributed by atoms with Gasteiger partial charge in [0.25, 0.3) is 0 Å². The van der Waals surface area contributed by atoms with Crippen LogP contribution in [0, 0.1) is 12.7 Å². The molecule has 1 aromatic heterocycles. The third-order valence-corrected chi connectivity index (χ3v) is 3.74.